The lowest BCUT2D eigenvalue weighted by molar-refractivity contribution is -0.137. The number of ether oxygens (including phenoxy) is 2. The Hall–Kier alpha value is -4.56. The van der Waals surface area contributed by atoms with Crippen molar-refractivity contribution in [1.82, 2.24) is 0 Å². The molecule has 0 heterocycles. The van der Waals surface area contributed by atoms with Gasteiger partial charge in [0.2, 0.25) is 0 Å². The van der Waals surface area contributed by atoms with Gasteiger partial charge in [-0.3, -0.25) is 9.59 Å². The van der Waals surface area contributed by atoms with E-state index in [1.807, 2.05) is 24.3 Å². The van der Waals surface area contributed by atoms with E-state index in [1.165, 1.54) is 0 Å². The standard InChI is InChI=1S/C25H22N2O6/c1-3-32-24(30)15-13-22(28)26-20-9-5-18(6-10-20)17-19-7-11-21(12-8-19)27-23(29)14-16-25(31)33-4-2/h5-12H,3-4,17H2,1-2H3,(H,26,28)(H,27,29). The largest absolute Gasteiger partial charge is 0.456 e. The second-order valence-corrected chi connectivity index (χ2v) is 6.42. The van der Waals surface area contributed by atoms with Crippen LogP contribution in [-0.4, -0.2) is 37.0 Å². The summed E-state index contributed by atoms with van der Waals surface area (Å²) < 4.78 is 9.27. The minimum atomic E-state index is -0.752. The van der Waals surface area contributed by atoms with E-state index in [0.29, 0.717) is 17.8 Å². The first kappa shape index (κ1) is 24.7. The number of hydrogen-bond donors (Lipinski definition) is 2. The molecule has 0 radical (unpaired) electrons. The highest BCUT2D eigenvalue weighted by Crippen LogP contribution is 2.16. The number of rotatable bonds is 6. The molecule has 8 nitrogen and oxygen atoms in total. The molecule has 0 aliphatic carbocycles. The van der Waals surface area contributed by atoms with Crippen molar-refractivity contribution in [3.05, 3.63) is 59.7 Å². The Morgan fingerprint density at radius 2 is 1.00 bits per heavy atom. The molecule has 2 rings (SSSR count). The van der Waals surface area contributed by atoms with E-state index in [4.69, 9.17) is 0 Å². The van der Waals surface area contributed by atoms with Crippen molar-refractivity contribution in [3.8, 4) is 23.7 Å². The molecule has 33 heavy (non-hydrogen) atoms. The van der Waals surface area contributed by atoms with Gasteiger partial charge in [-0.2, -0.15) is 0 Å². The molecule has 0 aromatic heterocycles. The lowest BCUT2D eigenvalue weighted by Crippen LogP contribution is -2.10. The van der Waals surface area contributed by atoms with Gasteiger partial charge < -0.3 is 20.1 Å². The SMILES string of the molecule is CCOC(=O)C#CC(=O)Nc1ccc(Cc2ccc(NC(=O)C#CC(=O)OCC)cc2)cc1. The van der Waals surface area contributed by atoms with E-state index in [-0.39, 0.29) is 13.2 Å². The van der Waals surface area contributed by atoms with Crippen molar-refractivity contribution in [2.24, 2.45) is 0 Å². The lowest BCUT2D eigenvalue weighted by atomic mass is 10.0. The first-order valence-corrected chi connectivity index (χ1v) is 10.1. The van der Waals surface area contributed by atoms with Gasteiger partial charge in [0.1, 0.15) is 0 Å². The van der Waals surface area contributed by atoms with Gasteiger partial charge in [-0.1, -0.05) is 24.3 Å². The molecule has 0 aliphatic heterocycles. The average Bonchev–Trinajstić information content (AvgIpc) is 2.79. The second-order valence-electron chi connectivity index (χ2n) is 6.42. The molecule has 0 saturated carbocycles. The highest BCUT2D eigenvalue weighted by atomic mass is 16.5. The maximum atomic E-state index is 11.8. The Kier molecular flexibility index (Phi) is 9.72. The molecule has 0 fully saturated rings. The predicted molar refractivity (Wildman–Crippen MR) is 122 cm³/mol. The van der Waals surface area contributed by atoms with Crippen LogP contribution in [0.3, 0.4) is 0 Å². The number of nitrogens with one attached hydrogen (secondary N) is 2. The molecular weight excluding hydrogens is 424 g/mol. The van der Waals surface area contributed by atoms with Gasteiger partial charge >= 0.3 is 23.8 Å². The molecule has 0 saturated heterocycles. The van der Waals surface area contributed by atoms with Crippen LogP contribution >= 0.6 is 0 Å². The molecule has 2 N–H and O–H groups in total. The zero-order valence-electron chi connectivity index (χ0n) is 18.2. The Morgan fingerprint density at radius 3 is 1.33 bits per heavy atom. The third-order valence-electron chi connectivity index (χ3n) is 3.94. The summed E-state index contributed by atoms with van der Waals surface area (Å²) in [6.45, 7) is 3.69. The molecule has 168 valence electrons. The van der Waals surface area contributed by atoms with E-state index < -0.39 is 23.8 Å². The summed E-state index contributed by atoms with van der Waals surface area (Å²) in [5.74, 6) is 5.83. The van der Waals surface area contributed by atoms with Crippen molar-refractivity contribution >= 4 is 35.1 Å². The molecule has 2 amide bonds. The van der Waals surface area contributed by atoms with E-state index in [2.05, 4.69) is 43.8 Å². The number of carbonyl (C=O) groups is 4. The van der Waals surface area contributed by atoms with E-state index >= 15 is 0 Å². The first-order valence-electron chi connectivity index (χ1n) is 10.1. The summed E-state index contributed by atoms with van der Waals surface area (Å²) in [6, 6.07) is 14.4. The number of carbonyl (C=O) groups excluding carboxylic acids is 4. The zero-order chi connectivity index (χ0) is 24.1. The monoisotopic (exact) mass is 446 g/mol. The van der Waals surface area contributed by atoms with Crippen LogP contribution in [0.25, 0.3) is 0 Å². The molecule has 0 spiro atoms. The fourth-order valence-corrected chi connectivity index (χ4v) is 2.52. The van der Waals surface area contributed by atoms with Gasteiger partial charge in [-0.25, -0.2) is 9.59 Å². The van der Waals surface area contributed by atoms with Crippen LogP contribution in [0.5, 0.6) is 0 Å². The highest BCUT2D eigenvalue weighted by molar-refractivity contribution is 6.08. The molecule has 0 bridgehead atoms. The topological polar surface area (TPSA) is 111 Å². The Balaban J connectivity index is 1.88. The molecule has 0 aliphatic rings. The minimum Gasteiger partial charge on any atom is -0.456 e. The lowest BCUT2D eigenvalue weighted by Gasteiger charge is -2.06. The number of hydrogen-bond acceptors (Lipinski definition) is 6. The third kappa shape index (κ3) is 9.41. The van der Waals surface area contributed by atoms with Crippen LogP contribution in [-0.2, 0) is 35.1 Å². The maximum absolute atomic E-state index is 11.8. The summed E-state index contributed by atoms with van der Waals surface area (Å²) in [5.41, 5.74) is 3.10. The van der Waals surface area contributed by atoms with Crippen molar-refractivity contribution in [2.45, 2.75) is 20.3 Å². The van der Waals surface area contributed by atoms with E-state index in [1.54, 1.807) is 38.1 Å². The summed E-state index contributed by atoms with van der Waals surface area (Å²) in [7, 11) is 0. The van der Waals surface area contributed by atoms with E-state index in [0.717, 1.165) is 11.1 Å². The van der Waals surface area contributed by atoms with E-state index in [9.17, 15) is 19.2 Å². The van der Waals surface area contributed by atoms with Gasteiger partial charge in [0, 0.05) is 35.1 Å². The predicted octanol–water partition coefficient (Wildman–Crippen LogP) is 2.29. The number of esters is 2. The summed E-state index contributed by atoms with van der Waals surface area (Å²) in [4.78, 5) is 45.8. The average molecular weight is 446 g/mol. The maximum Gasteiger partial charge on any atom is 0.384 e. The molecule has 0 unspecified atom stereocenters. The Bertz CT molecular complexity index is 1040. The van der Waals surface area contributed by atoms with Gasteiger partial charge in [-0.05, 0) is 55.7 Å². The highest BCUT2D eigenvalue weighted by Gasteiger charge is 2.03. The normalized spacial score (nSPS) is 9.27. The van der Waals surface area contributed by atoms with Crippen LogP contribution < -0.4 is 10.6 Å². The fraction of sp³-hybridized carbons (Fsp3) is 0.200. The van der Waals surface area contributed by atoms with Crippen molar-refractivity contribution in [1.29, 1.82) is 0 Å². The third-order valence-corrected chi connectivity index (χ3v) is 3.94. The Morgan fingerprint density at radius 1 is 0.636 bits per heavy atom. The molecule has 0 atom stereocenters. The number of anilines is 2. The molecule has 2 aromatic carbocycles. The molecule has 8 heteroatoms. The zero-order valence-corrected chi connectivity index (χ0v) is 18.2. The van der Waals surface area contributed by atoms with Crippen LogP contribution in [0, 0.1) is 23.7 Å². The smallest absolute Gasteiger partial charge is 0.384 e. The van der Waals surface area contributed by atoms with Gasteiger partial charge in [0.25, 0.3) is 0 Å². The van der Waals surface area contributed by atoms with Crippen molar-refractivity contribution < 1.29 is 28.7 Å². The first-order chi connectivity index (χ1) is 15.9. The Labute approximate surface area is 191 Å². The number of benzene rings is 2. The van der Waals surface area contributed by atoms with Gasteiger partial charge in [0.05, 0.1) is 13.2 Å². The van der Waals surface area contributed by atoms with Crippen molar-refractivity contribution in [2.75, 3.05) is 23.8 Å². The molecule has 2 aromatic rings. The molecular formula is C25H22N2O6. The van der Waals surface area contributed by atoms with Crippen LogP contribution in [0.15, 0.2) is 48.5 Å². The van der Waals surface area contributed by atoms with Gasteiger partial charge in [0.15, 0.2) is 0 Å². The van der Waals surface area contributed by atoms with Crippen LogP contribution in [0.2, 0.25) is 0 Å². The van der Waals surface area contributed by atoms with Crippen LogP contribution in [0.4, 0.5) is 11.4 Å². The quantitative estimate of drug-likeness (QED) is 0.400. The van der Waals surface area contributed by atoms with Crippen LogP contribution in [0.1, 0.15) is 25.0 Å². The minimum absolute atomic E-state index is 0.194. The summed E-state index contributed by atoms with van der Waals surface area (Å²) in [5, 5.41) is 5.16. The summed E-state index contributed by atoms with van der Waals surface area (Å²) in [6.07, 6.45) is 0.633. The fourth-order valence-electron chi connectivity index (χ4n) is 2.52. The second kappa shape index (κ2) is 13.0. The van der Waals surface area contributed by atoms with Crippen molar-refractivity contribution in [3.63, 3.8) is 0 Å². The van der Waals surface area contributed by atoms with Gasteiger partial charge in [-0.15, -0.1) is 0 Å². The number of amides is 2. The summed E-state index contributed by atoms with van der Waals surface area (Å²) >= 11 is 0.